The maximum Gasteiger partial charge on any atom is 0.141 e. The maximum absolute atomic E-state index is 5.21. The second-order valence-electron chi connectivity index (χ2n) is 2.64. The monoisotopic (exact) mass is 174 g/mol. The Morgan fingerprint density at radius 3 is 2.85 bits per heavy atom. The van der Waals surface area contributed by atoms with Crippen LogP contribution >= 0.6 is 0 Å². The lowest BCUT2D eigenvalue weighted by Crippen LogP contribution is -1.88. The first kappa shape index (κ1) is 7.86. The highest BCUT2D eigenvalue weighted by molar-refractivity contribution is 5.63. The number of aromatic nitrogens is 2. The van der Waals surface area contributed by atoms with Crippen LogP contribution in [0.1, 0.15) is 0 Å². The van der Waals surface area contributed by atoms with E-state index in [1.807, 2.05) is 24.3 Å². The molecule has 0 radical (unpaired) electrons. The molecule has 0 saturated heterocycles. The fraction of sp³-hybridized carbons (Fsp3) is 0.100. The van der Waals surface area contributed by atoms with Gasteiger partial charge in [-0.25, -0.2) is 4.98 Å². The minimum absolute atomic E-state index is 0.831. The standard InChI is InChI=1S/C10H10N2O/c1-13-9-5-3-2-4-8(9)10-11-6-7-12-10/h2-7H,1H3,(H,11,12). The van der Waals surface area contributed by atoms with Crippen molar-refractivity contribution < 1.29 is 4.74 Å². The van der Waals surface area contributed by atoms with E-state index < -0.39 is 0 Å². The van der Waals surface area contributed by atoms with Crippen molar-refractivity contribution in [3.05, 3.63) is 36.7 Å². The van der Waals surface area contributed by atoms with E-state index >= 15 is 0 Å². The molecule has 0 unspecified atom stereocenters. The first-order valence-corrected chi connectivity index (χ1v) is 4.04. The lowest BCUT2D eigenvalue weighted by Gasteiger charge is -2.04. The van der Waals surface area contributed by atoms with Gasteiger partial charge in [-0.05, 0) is 12.1 Å². The molecule has 1 heterocycles. The molecule has 1 N–H and O–H groups in total. The van der Waals surface area contributed by atoms with E-state index in [-0.39, 0.29) is 0 Å². The molecule has 0 aliphatic heterocycles. The van der Waals surface area contributed by atoms with Crippen LogP contribution in [0.2, 0.25) is 0 Å². The van der Waals surface area contributed by atoms with Crippen molar-refractivity contribution in [2.24, 2.45) is 0 Å². The number of hydrogen-bond acceptors (Lipinski definition) is 2. The number of hydrogen-bond donors (Lipinski definition) is 1. The third-order valence-corrected chi connectivity index (χ3v) is 1.86. The van der Waals surface area contributed by atoms with Gasteiger partial charge in [-0.15, -0.1) is 0 Å². The molecule has 2 rings (SSSR count). The molecule has 13 heavy (non-hydrogen) atoms. The average molecular weight is 174 g/mol. The minimum atomic E-state index is 0.831. The number of nitrogens with one attached hydrogen (secondary N) is 1. The summed E-state index contributed by atoms with van der Waals surface area (Å²) in [7, 11) is 1.65. The molecular weight excluding hydrogens is 164 g/mol. The largest absolute Gasteiger partial charge is 0.496 e. The van der Waals surface area contributed by atoms with Crippen molar-refractivity contribution in [2.45, 2.75) is 0 Å². The lowest BCUT2D eigenvalue weighted by molar-refractivity contribution is 0.416. The van der Waals surface area contributed by atoms with E-state index in [1.165, 1.54) is 0 Å². The third kappa shape index (κ3) is 1.40. The van der Waals surface area contributed by atoms with Gasteiger partial charge in [0.2, 0.25) is 0 Å². The summed E-state index contributed by atoms with van der Waals surface area (Å²) in [6.07, 6.45) is 3.52. The van der Waals surface area contributed by atoms with Crippen molar-refractivity contribution in [3.63, 3.8) is 0 Å². The van der Waals surface area contributed by atoms with Crippen LogP contribution in [0, 0.1) is 0 Å². The Bertz CT molecular complexity index is 382. The normalized spacial score (nSPS) is 9.92. The molecule has 0 bridgehead atoms. The van der Waals surface area contributed by atoms with E-state index in [1.54, 1.807) is 19.5 Å². The summed E-state index contributed by atoms with van der Waals surface area (Å²) in [5.41, 5.74) is 0.981. The maximum atomic E-state index is 5.21. The van der Waals surface area contributed by atoms with Crippen LogP contribution in [-0.2, 0) is 0 Å². The molecular formula is C10H10N2O. The summed E-state index contributed by atoms with van der Waals surface area (Å²) in [5, 5.41) is 0. The molecule has 0 saturated carbocycles. The van der Waals surface area contributed by atoms with Gasteiger partial charge in [0.05, 0.1) is 12.7 Å². The number of H-pyrrole nitrogens is 1. The number of imidazole rings is 1. The van der Waals surface area contributed by atoms with Crippen LogP contribution in [0.25, 0.3) is 11.4 Å². The van der Waals surface area contributed by atoms with Gasteiger partial charge in [-0.3, -0.25) is 0 Å². The van der Waals surface area contributed by atoms with Crippen molar-refractivity contribution in [3.8, 4) is 17.1 Å². The van der Waals surface area contributed by atoms with Gasteiger partial charge in [0.25, 0.3) is 0 Å². The molecule has 66 valence electrons. The number of ether oxygens (including phenoxy) is 1. The van der Waals surface area contributed by atoms with Gasteiger partial charge < -0.3 is 9.72 Å². The number of nitrogens with zero attached hydrogens (tertiary/aromatic N) is 1. The number of para-hydroxylation sites is 1. The molecule has 0 atom stereocenters. The predicted molar refractivity (Wildman–Crippen MR) is 50.6 cm³/mol. The molecule has 1 aromatic heterocycles. The first-order valence-electron chi connectivity index (χ1n) is 4.04. The van der Waals surface area contributed by atoms with Crippen LogP contribution in [0.5, 0.6) is 5.75 Å². The summed E-state index contributed by atoms with van der Waals surface area (Å²) in [5.74, 6) is 1.66. The Labute approximate surface area is 76.4 Å². The van der Waals surface area contributed by atoms with Crippen LogP contribution in [0.4, 0.5) is 0 Å². The Kier molecular flexibility index (Phi) is 2.00. The highest BCUT2D eigenvalue weighted by Crippen LogP contribution is 2.25. The van der Waals surface area contributed by atoms with Gasteiger partial charge in [0, 0.05) is 12.4 Å². The Morgan fingerprint density at radius 1 is 1.31 bits per heavy atom. The fourth-order valence-corrected chi connectivity index (χ4v) is 1.25. The fourth-order valence-electron chi connectivity index (χ4n) is 1.25. The molecule has 0 amide bonds. The highest BCUT2D eigenvalue weighted by atomic mass is 16.5. The lowest BCUT2D eigenvalue weighted by atomic mass is 10.2. The summed E-state index contributed by atoms with van der Waals surface area (Å²) in [4.78, 5) is 7.20. The van der Waals surface area contributed by atoms with Crippen LogP contribution in [-0.4, -0.2) is 17.1 Å². The van der Waals surface area contributed by atoms with Crippen LogP contribution in [0.3, 0.4) is 0 Å². The minimum Gasteiger partial charge on any atom is -0.496 e. The Morgan fingerprint density at radius 2 is 2.15 bits per heavy atom. The summed E-state index contributed by atoms with van der Waals surface area (Å²) in [6.45, 7) is 0. The van der Waals surface area contributed by atoms with Gasteiger partial charge in [-0.1, -0.05) is 12.1 Å². The van der Waals surface area contributed by atoms with E-state index in [2.05, 4.69) is 9.97 Å². The topological polar surface area (TPSA) is 37.9 Å². The van der Waals surface area contributed by atoms with Gasteiger partial charge in [-0.2, -0.15) is 0 Å². The Balaban J connectivity index is 2.51. The van der Waals surface area contributed by atoms with E-state index in [4.69, 9.17) is 4.74 Å². The highest BCUT2D eigenvalue weighted by Gasteiger charge is 2.05. The molecule has 2 aromatic rings. The zero-order chi connectivity index (χ0) is 9.10. The molecule has 0 spiro atoms. The van der Waals surface area contributed by atoms with Crippen LogP contribution in [0.15, 0.2) is 36.7 Å². The summed E-state index contributed by atoms with van der Waals surface area (Å²) in [6, 6.07) is 7.78. The van der Waals surface area contributed by atoms with Gasteiger partial charge in [0.1, 0.15) is 11.6 Å². The average Bonchev–Trinajstić information content (AvgIpc) is 2.70. The zero-order valence-corrected chi connectivity index (χ0v) is 7.32. The molecule has 0 aliphatic rings. The Hall–Kier alpha value is -1.77. The van der Waals surface area contributed by atoms with Gasteiger partial charge in [0.15, 0.2) is 0 Å². The molecule has 0 fully saturated rings. The van der Waals surface area contributed by atoms with Crippen LogP contribution < -0.4 is 4.74 Å². The number of aromatic amines is 1. The van der Waals surface area contributed by atoms with Crippen molar-refractivity contribution in [1.82, 2.24) is 9.97 Å². The molecule has 0 aliphatic carbocycles. The number of rotatable bonds is 2. The van der Waals surface area contributed by atoms with Gasteiger partial charge >= 0.3 is 0 Å². The SMILES string of the molecule is COc1ccccc1-c1ncc[nH]1. The van der Waals surface area contributed by atoms with E-state index in [0.29, 0.717) is 0 Å². The number of benzene rings is 1. The molecule has 3 heteroatoms. The first-order chi connectivity index (χ1) is 6.42. The molecule has 3 nitrogen and oxygen atoms in total. The van der Waals surface area contributed by atoms with E-state index in [0.717, 1.165) is 17.1 Å². The van der Waals surface area contributed by atoms with Crippen molar-refractivity contribution in [1.29, 1.82) is 0 Å². The zero-order valence-electron chi connectivity index (χ0n) is 7.32. The summed E-state index contributed by atoms with van der Waals surface area (Å²) >= 11 is 0. The third-order valence-electron chi connectivity index (χ3n) is 1.86. The van der Waals surface area contributed by atoms with E-state index in [9.17, 15) is 0 Å². The summed E-state index contributed by atoms with van der Waals surface area (Å²) < 4.78 is 5.21. The van der Waals surface area contributed by atoms with Crippen molar-refractivity contribution >= 4 is 0 Å². The predicted octanol–water partition coefficient (Wildman–Crippen LogP) is 2.09. The smallest absolute Gasteiger partial charge is 0.141 e. The number of methoxy groups -OCH3 is 1. The second-order valence-corrected chi connectivity index (χ2v) is 2.64. The van der Waals surface area contributed by atoms with Crippen molar-refractivity contribution in [2.75, 3.05) is 7.11 Å². The molecule has 1 aromatic carbocycles. The quantitative estimate of drug-likeness (QED) is 0.756. The second kappa shape index (κ2) is 3.31.